The van der Waals surface area contributed by atoms with E-state index in [0.29, 0.717) is 6.07 Å². The number of hydrogen-bond donors (Lipinski definition) is 1. The third kappa shape index (κ3) is 2.75. The van der Waals surface area contributed by atoms with Gasteiger partial charge in [-0.05, 0) is 31.0 Å². The van der Waals surface area contributed by atoms with E-state index in [-0.39, 0.29) is 17.4 Å². The van der Waals surface area contributed by atoms with Gasteiger partial charge in [0.2, 0.25) is 0 Å². The molecule has 0 radical (unpaired) electrons. The highest BCUT2D eigenvalue weighted by atomic mass is 19.4. The minimum atomic E-state index is -4.64. The molecule has 1 fully saturated rings. The Balaban J connectivity index is 2.45. The maximum absolute atomic E-state index is 12.8. The quantitative estimate of drug-likeness (QED) is 0.486. The minimum Gasteiger partial charge on any atom is -0.383 e. The molecule has 0 spiro atoms. The van der Waals surface area contributed by atoms with E-state index in [0.717, 1.165) is 25.0 Å². The van der Waals surface area contributed by atoms with Crippen molar-refractivity contribution in [1.82, 2.24) is 0 Å². The van der Waals surface area contributed by atoms with Crippen LogP contribution >= 0.6 is 0 Å². The second kappa shape index (κ2) is 4.01. The monoisotopic (exact) mass is 246 g/mol. The average Bonchev–Trinajstić information content (AvgIpc) is 3.00. The van der Waals surface area contributed by atoms with E-state index in [1.165, 1.54) is 0 Å². The molecule has 0 amide bonds. The number of rotatable bonds is 2. The van der Waals surface area contributed by atoms with Crippen molar-refractivity contribution in [1.29, 1.82) is 0 Å². The van der Waals surface area contributed by atoms with Crippen LogP contribution in [0.3, 0.4) is 0 Å². The summed E-state index contributed by atoms with van der Waals surface area (Å²) < 4.78 is 50.8. The number of hydrogen-bond acceptors (Lipinski definition) is 1. The summed E-state index contributed by atoms with van der Waals surface area (Å²) in [5.74, 6) is -1.12. The highest BCUT2D eigenvalue weighted by molar-refractivity contribution is 5.99. The van der Waals surface area contributed by atoms with Gasteiger partial charge in [0.1, 0.15) is 11.7 Å². The van der Waals surface area contributed by atoms with Crippen LogP contribution in [0.2, 0.25) is 0 Å². The Hall–Kier alpha value is -1.59. The fourth-order valence-electron chi connectivity index (χ4n) is 1.44. The summed E-state index contributed by atoms with van der Waals surface area (Å²) >= 11 is 0. The SMILES string of the molecule is NC(=NC1CC1)c1ccc(F)cc1C(F)(F)F. The van der Waals surface area contributed by atoms with Crippen molar-refractivity contribution in [3.63, 3.8) is 0 Å². The second-order valence-electron chi connectivity index (χ2n) is 3.93. The molecule has 0 heterocycles. The molecule has 17 heavy (non-hydrogen) atoms. The predicted molar refractivity (Wildman–Crippen MR) is 55.1 cm³/mol. The van der Waals surface area contributed by atoms with Gasteiger partial charge in [0.15, 0.2) is 0 Å². The van der Waals surface area contributed by atoms with E-state index < -0.39 is 17.6 Å². The number of benzene rings is 1. The molecule has 0 aromatic heterocycles. The standard InChI is InChI=1S/C11H10F4N2/c12-6-1-4-8(9(5-6)11(13,14)15)10(16)17-7-2-3-7/h1,4-5,7H,2-3H2,(H2,16,17). The van der Waals surface area contributed by atoms with E-state index in [9.17, 15) is 17.6 Å². The first-order valence-electron chi connectivity index (χ1n) is 5.08. The molecule has 1 aromatic rings. The van der Waals surface area contributed by atoms with Crippen LogP contribution in [0, 0.1) is 5.82 Å². The van der Waals surface area contributed by atoms with Crippen molar-refractivity contribution in [2.24, 2.45) is 10.7 Å². The van der Waals surface area contributed by atoms with Gasteiger partial charge in [-0.2, -0.15) is 13.2 Å². The number of aliphatic imine (C=N–C) groups is 1. The molecule has 1 aliphatic carbocycles. The van der Waals surface area contributed by atoms with Crippen molar-refractivity contribution in [3.05, 3.63) is 35.1 Å². The Kier molecular flexibility index (Phi) is 2.81. The van der Waals surface area contributed by atoms with Crippen LogP contribution in [0.1, 0.15) is 24.0 Å². The number of nitrogens with two attached hydrogens (primary N) is 1. The van der Waals surface area contributed by atoms with Crippen molar-refractivity contribution < 1.29 is 17.6 Å². The fourth-order valence-corrected chi connectivity index (χ4v) is 1.44. The number of nitrogens with zero attached hydrogens (tertiary/aromatic N) is 1. The largest absolute Gasteiger partial charge is 0.417 e. The maximum Gasteiger partial charge on any atom is 0.417 e. The molecule has 1 saturated carbocycles. The lowest BCUT2D eigenvalue weighted by atomic mass is 10.1. The van der Waals surface area contributed by atoms with Gasteiger partial charge in [0, 0.05) is 5.56 Å². The van der Waals surface area contributed by atoms with Gasteiger partial charge in [-0.15, -0.1) is 0 Å². The van der Waals surface area contributed by atoms with Crippen LogP contribution in [-0.4, -0.2) is 11.9 Å². The first-order chi connectivity index (χ1) is 7.88. The Morgan fingerprint density at radius 3 is 2.47 bits per heavy atom. The molecule has 1 aliphatic rings. The van der Waals surface area contributed by atoms with E-state index in [2.05, 4.69) is 4.99 Å². The zero-order valence-corrected chi connectivity index (χ0v) is 8.76. The van der Waals surface area contributed by atoms with E-state index in [4.69, 9.17) is 5.73 Å². The normalized spacial score (nSPS) is 17.3. The van der Waals surface area contributed by atoms with Gasteiger partial charge in [-0.25, -0.2) is 4.39 Å². The maximum atomic E-state index is 12.8. The summed E-state index contributed by atoms with van der Waals surface area (Å²) in [5, 5.41) is 0. The summed E-state index contributed by atoms with van der Waals surface area (Å²) in [5.41, 5.74) is 4.17. The number of amidine groups is 1. The van der Waals surface area contributed by atoms with Crippen LogP contribution in [-0.2, 0) is 6.18 Å². The Morgan fingerprint density at radius 2 is 1.94 bits per heavy atom. The van der Waals surface area contributed by atoms with Crippen LogP contribution in [0.25, 0.3) is 0 Å². The topological polar surface area (TPSA) is 38.4 Å². The molecule has 0 bridgehead atoms. The highest BCUT2D eigenvalue weighted by Crippen LogP contribution is 2.33. The van der Waals surface area contributed by atoms with Crippen molar-refractivity contribution in [3.8, 4) is 0 Å². The fraction of sp³-hybridized carbons (Fsp3) is 0.364. The third-order valence-corrected chi connectivity index (χ3v) is 2.43. The zero-order valence-electron chi connectivity index (χ0n) is 8.76. The summed E-state index contributed by atoms with van der Waals surface area (Å²) in [6.07, 6.45) is -2.96. The first-order valence-corrected chi connectivity index (χ1v) is 5.08. The molecule has 6 heteroatoms. The van der Waals surface area contributed by atoms with Gasteiger partial charge in [0.25, 0.3) is 0 Å². The molecule has 2 rings (SSSR count). The van der Waals surface area contributed by atoms with E-state index >= 15 is 0 Å². The average molecular weight is 246 g/mol. The van der Waals surface area contributed by atoms with Gasteiger partial charge in [-0.3, -0.25) is 4.99 Å². The molecule has 1 aromatic carbocycles. The minimum absolute atomic E-state index is 0.0149. The number of halogens is 4. The molecule has 0 saturated heterocycles. The van der Waals surface area contributed by atoms with Crippen LogP contribution in [0.4, 0.5) is 17.6 Å². The second-order valence-corrected chi connectivity index (χ2v) is 3.93. The van der Waals surface area contributed by atoms with Crippen molar-refractivity contribution in [2.75, 3.05) is 0 Å². The number of alkyl halides is 3. The van der Waals surface area contributed by atoms with Crippen molar-refractivity contribution in [2.45, 2.75) is 25.1 Å². The van der Waals surface area contributed by atoms with Crippen molar-refractivity contribution >= 4 is 5.84 Å². The molecule has 0 atom stereocenters. The third-order valence-electron chi connectivity index (χ3n) is 2.43. The summed E-state index contributed by atoms with van der Waals surface area (Å²) in [6.45, 7) is 0. The molecular weight excluding hydrogens is 236 g/mol. The molecule has 92 valence electrons. The van der Waals surface area contributed by atoms with Crippen LogP contribution in [0.15, 0.2) is 23.2 Å². The van der Waals surface area contributed by atoms with E-state index in [1.54, 1.807) is 0 Å². The molecule has 0 aliphatic heterocycles. The van der Waals surface area contributed by atoms with Gasteiger partial charge < -0.3 is 5.73 Å². The molecule has 2 N–H and O–H groups in total. The van der Waals surface area contributed by atoms with Gasteiger partial charge >= 0.3 is 6.18 Å². The lowest BCUT2D eigenvalue weighted by Crippen LogP contribution is -2.20. The summed E-state index contributed by atoms with van der Waals surface area (Å²) in [6, 6.07) is 2.41. The Labute approximate surface area is 95.1 Å². The molecular formula is C11H10F4N2. The predicted octanol–water partition coefficient (Wildman–Crippen LogP) is 2.71. The smallest absolute Gasteiger partial charge is 0.383 e. The lowest BCUT2D eigenvalue weighted by molar-refractivity contribution is -0.137. The van der Waals surface area contributed by atoms with Gasteiger partial charge in [-0.1, -0.05) is 0 Å². The zero-order chi connectivity index (χ0) is 12.6. The Morgan fingerprint density at radius 1 is 1.29 bits per heavy atom. The van der Waals surface area contributed by atoms with E-state index in [1.807, 2.05) is 0 Å². The summed E-state index contributed by atoms with van der Waals surface area (Å²) in [4.78, 5) is 3.93. The van der Waals surface area contributed by atoms with Crippen LogP contribution in [0.5, 0.6) is 0 Å². The highest BCUT2D eigenvalue weighted by Gasteiger charge is 2.35. The first kappa shape index (κ1) is 11.9. The lowest BCUT2D eigenvalue weighted by Gasteiger charge is -2.12. The Bertz CT molecular complexity index is 461. The van der Waals surface area contributed by atoms with Crippen LogP contribution < -0.4 is 5.73 Å². The van der Waals surface area contributed by atoms with Gasteiger partial charge in [0.05, 0.1) is 11.6 Å². The molecule has 0 unspecified atom stereocenters. The summed E-state index contributed by atoms with van der Waals surface area (Å²) in [7, 11) is 0. The molecule has 2 nitrogen and oxygen atoms in total.